The number of furan rings is 2. The van der Waals surface area contributed by atoms with Gasteiger partial charge in [-0.05, 0) is 56.2 Å². The largest absolute Gasteiger partial charge is 0.467 e. The summed E-state index contributed by atoms with van der Waals surface area (Å²) < 4.78 is 11.4. The third-order valence-corrected chi connectivity index (χ3v) is 6.56. The van der Waals surface area contributed by atoms with Crippen molar-refractivity contribution in [2.24, 2.45) is 0 Å². The van der Waals surface area contributed by atoms with Gasteiger partial charge < -0.3 is 19.1 Å². The van der Waals surface area contributed by atoms with E-state index in [-0.39, 0.29) is 30.9 Å². The van der Waals surface area contributed by atoms with E-state index >= 15 is 0 Å². The van der Waals surface area contributed by atoms with E-state index in [9.17, 15) is 9.59 Å². The Hall–Kier alpha value is -4.21. The molecule has 4 aromatic rings. The van der Waals surface area contributed by atoms with Crippen LogP contribution >= 0.6 is 0 Å². The minimum atomic E-state index is -0.980. The summed E-state index contributed by atoms with van der Waals surface area (Å²) in [4.78, 5) is 30.0. The lowest BCUT2D eigenvalue weighted by Gasteiger charge is -2.30. The quantitative estimate of drug-likeness (QED) is 0.368. The highest BCUT2D eigenvalue weighted by Gasteiger charge is 2.36. The van der Waals surface area contributed by atoms with Crippen molar-refractivity contribution >= 4 is 11.8 Å². The standard InChI is InChI=1S/C27H30N6O4/c1-18-9-12-20(13-10-18)26-29-31-33(30-26)17-24(34)32(16-22-8-5-15-36-22)25(23-14-11-19(2)37-23)27(35)28-21-6-3-4-7-21/h5,8-15,21,25H,3-4,6-7,16-17H2,1-2H3,(H,28,35). The Morgan fingerprint density at radius 2 is 1.89 bits per heavy atom. The van der Waals surface area contributed by atoms with Gasteiger partial charge in [-0.1, -0.05) is 42.7 Å². The van der Waals surface area contributed by atoms with Gasteiger partial charge in [-0.25, -0.2) is 0 Å². The van der Waals surface area contributed by atoms with Crippen LogP contribution in [0.5, 0.6) is 0 Å². The van der Waals surface area contributed by atoms with Crippen molar-refractivity contribution in [3.05, 3.63) is 77.6 Å². The zero-order valence-electron chi connectivity index (χ0n) is 21.0. The first kappa shape index (κ1) is 24.5. The van der Waals surface area contributed by atoms with Crippen molar-refractivity contribution in [2.75, 3.05) is 0 Å². The number of hydrogen-bond acceptors (Lipinski definition) is 7. The molecule has 1 aliphatic carbocycles. The lowest BCUT2D eigenvalue weighted by molar-refractivity contribution is -0.143. The van der Waals surface area contributed by atoms with Gasteiger partial charge in [-0.3, -0.25) is 9.59 Å². The smallest absolute Gasteiger partial charge is 0.250 e. The second-order valence-electron chi connectivity index (χ2n) is 9.45. The van der Waals surface area contributed by atoms with Gasteiger partial charge in [0.25, 0.3) is 5.91 Å². The molecule has 192 valence electrons. The molecule has 0 bridgehead atoms. The SMILES string of the molecule is Cc1ccc(-c2nnn(CC(=O)N(Cc3ccco3)C(C(=O)NC3CCCC3)c3ccc(C)o3)n2)cc1. The Kier molecular flexibility index (Phi) is 7.16. The van der Waals surface area contributed by atoms with Gasteiger partial charge >= 0.3 is 0 Å². The molecule has 1 aliphatic rings. The number of benzene rings is 1. The van der Waals surface area contributed by atoms with E-state index in [4.69, 9.17) is 8.83 Å². The van der Waals surface area contributed by atoms with E-state index in [1.807, 2.05) is 31.2 Å². The maximum absolute atomic E-state index is 13.7. The molecular formula is C27H30N6O4. The number of carbonyl (C=O) groups excluding carboxylic acids is 2. The lowest BCUT2D eigenvalue weighted by atomic mass is 10.1. The van der Waals surface area contributed by atoms with Crippen molar-refractivity contribution in [3.63, 3.8) is 0 Å². The molecule has 3 heterocycles. The van der Waals surface area contributed by atoms with Crippen molar-refractivity contribution in [2.45, 2.75) is 64.7 Å². The van der Waals surface area contributed by atoms with Gasteiger partial charge in [0, 0.05) is 11.6 Å². The molecule has 0 aliphatic heterocycles. The van der Waals surface area contributed by atoms with Crippen molar-refractivity contribution in [1.82, 2.24) is 30.4 Å². The first-order chi connectivity index (χ1) is 18.0. The van der Waals surface area contributed by atoms with Gasteiger partial charge in [0.1, 0.15) is 23.8 Å². The van der Waals surface area contributed by atoms with Crippen LogP contribution in [0.1, 0.15) is 54.6 Å². The maximum Gasteiger partial charge on any atom is 0.250 e. The summed E-state index contributed by atoms with van der Waals surface area (Å²) in [6, 6.07) is 13.9. The van der Waals surface area contributed by atoms with Gasteiger partial charge in [-0.15, -0.1) is 10.2 Å². The van der Waals surface area contributed by atoms with E-state index in [0.29, 0.717) is 23.1 Å². The molecule has 1 saturated carbocycles. The average Bonchev–Trinajstić information content (AvgIpc) is 3.69. The van der Waals surface area contributed by atoms with Gasteiger partial charge in [-0.2, -0.15) is 4.80 Å². The van der Waals surface area contributed by atoms with Crippen LogP contribution in [0, 0.1) is 13.8 Å². The highest BCUT2D eigenvalue weighted by molar-refractivity contribution is 5.88. The Morgan fingerprint density at radius 1 is 1.11 bits per heavy atom. The zero-order valence-corrected chi connectivity index (χ0v) is 21.0. The lowest BCUT2D eigenvalue weighted by Crippen LogP contribution is -2.46. The molecule has 5 rings (SSSR count). The number of rotatable bonds is 9. The predicted molar refractivity (Wildman–Crippen MR) is 134 cm³/mol. The summed E-state index contributed by atoms with van der Waals surface area (Å²) in [5.74, 6) is 1.35. The fraction of sp³-hybridized carbons (Fsp3) is 0.370. The van der Waals surface area contributed by atoms with Crippen molar-refractivity contribution < 1.29 is 18.4 Å². The molecule has 1 atom stereocenters. The number of carbonyl (C=O) groups is 2. The van der Waals surface area contributed by atoms with E-state index in [2.05, 4.69) is 20.7 Å². The molecular weight excluding hydrogens is 472 g/mol. The highest BCUT2D eigenvalue weighted by Crippen LogP contribution is 2.28. The van der Waals surface area contributed by atoms with Crippen LogP contribution in [-0.4, -0.2) is 43.0 Å². The Bertz CT molecular complexity index is 1340. The Morgan fingerprint density at radius 3 is 2.57 bits per heavy atom. The molecule has 1 aromatic carbocycles. The number of nitrogens with one attached hydrogen (secondary N) is 1. The summed E-state index contributed by atoms with van der Waals surface area (Å²) in [5.41, 5.74) is 1.92. The van der Waals surface area contributed by atoms with Crippen LogP contribution in [0.15, 0.2) is 63.6 Å². The summed E-state index contributed by atoms with van der Waals surface area (Å²) >= 11 is 0. The monoisotopic (exact) mass is 502 g/mol. The summed E-state index contributed by atoms with van der Waals surface area (Å²) in [6.45, 7) is 3.68. The average molecular weight is 503 g/mol. The zero-order chi connectivity index (χ0) is 25.8. The Balaban J connectivity index is 1.42. The number of aromatic nitrogens is 4. The number of amides is 2. The third-order valence-electron chi connectivity index (χ3n) is 6.56. The molecule has 2 amide bonds. The van der Waals surface area contributed by atoms with Crippen LogP contribution < -0.4 is 5.32 Å². The molecule has 0 radical (unpaired) electrons. The normalized spacial score (nSPS) is 14.5. The summed E-state index contributed by atoms with van der Waals surface area (Å²) in [5, 5.41) is 15.7. The van der Waals surface area contributed by atoms with Gasteiger partial charge in [0.05, 0.1) is 12.8 Å². The third kappa shape index (κ3) is 5.79. The number of tetrazole rings is 1. The van der Waals surface area contributed by atoms with Gasteiger partial charge in [0.2, 0.25) is 11.7 Å². The van der Waals surface area contributed by atoms with Crippen molar-refractivity contribution in [1.29, 1.82) is 0 Å². The summed E-state index contributed by atoms with van der Waals surface area (Å²) in [6.07, 6.45) is 5.53. The van der Waals surface area contributed by atoms with Crippen LogP contribution in [-0.2, 0) is 22.7 Å². The first-order valence-corrected chi connectivity index (χ1v) is 12.5. The topological polar surface area (TPSA) is 119 Å². The van der Waals surface area contributed by atoms with Crippen LogP contribution in [0.3, 0.4) is 0 Å². The number of nitrogens with zero attached hydrogens (tertiary/aromatic N) is 5. The fourth-order valence-electron chi connectivity index (χ4n) is 4.61. The van der Waals surface area contributed by atoms with E-state index in [0.717, 1.165) is 36.8 Å². The highest BCUT2D eigenvalue weighted by atomic mass is 16.3. The molecule has 0 saturated heterocycles. The minimum absolute atomic E-state index is 0.0772. The number of aryl methyl sites for hydroxylation is 2. The Labute approximate surface area is 214 Å². The predicted octanol–water partition coefficient (Wildman–Crippen LogP) is 3.97. The second-order valence-corrected chi connectivity index (χ2v) is 9.45. The number of hydrogen-bond donors (Lipinski definition) is 1. The first-order valence-electron chi connectivity index (χ1n) is 12.5. The molecule has 1 fully saturated rings. The molecule has 10 heteroatoms. The fourth-order valence-corrected chi connectivity index (χ4v) is 4.61. The molecule has 3 aromatic heterocycles. The van der Waals surface area contributed by atoms with E-state index in [1.165, 1.54) is 16.0 Å². The molecule has 1 N–H and O–H groups in total. The van der Waals surface area contributed by atoms with Crippen molar-refractivity contribution in [3.8, 4) is 11.4 Å². The maximum atomic E-state index is 13.7. The van der Waals surface area contributed by atoms with Gasteiger partial charge in [0.15, 0.2) is 6.04 Å². The summed E-state index contributed by atoms with van der Waals surface area (Å²) in [7, 11) is 0. The van der Waals surface area contributed by atoms with Crippen LogP contribution in [0.25, 0.3) is 11.4 Å². The second kappa shape index (κ2) is 10.8. The van der Waals surface area contributed by atoms with Crippen LogP contribution in [0.2, 0.25) is 0 Å². The molecule has 10 nitrogen and oxygen atoms in total. The van der Waals surface area contributed by atoms with E-state index < -0.39 is 6.04 Å². The van der Waals surface area contributed by atoms with E-state index in [1.54, 1.807) is 31.2 Å². The minimum Gasteiger partial charge on any atom is -0.467 e. The van der Waals surface area contributed by atoms with Crippen LogP contribution in [0.4, 0.5) is 0 Å². The molecule has 0 spiro atoms. The molecule has 1 unspecified atom stereocenters. The molecule has 37 heavy (non-hydrogen) atoms.